The minimum absolute atomic E-state index is 0.0426. The molecule has 0 N–H and O–H groups in total. The summed E-state index contributed by atoms with van der Waals surface area (Å²) in [6, 6.07) is 10.7. The summed E-state index contributed by atoms with van der Waals surface area (Å²) >= 11 is 0. The van der Waals surface area contributed by atoms with Crippen molar-refractivity contribution < 1.29 is 17.9 Å². The van der Waals surface area contributed by atoms with Gasteiger partial charge in [-0.15, -0.1) is 0 Å². The van der Waals surface area contributed by atoms with Crippen LogP contribution in [0.4, 0.5) is 5.69 Å². The number of pyridine rings is 1. The number of aromatic nitrogens is 1. The number of hydrogen-bond acceptors (Lipinski definition) is 5. The van der Waals surface area contributed by atoms with E-state index in [4.69, 9.17) is 4.74 Å². The van der Waals surface area contributed by atoms with Crippen molar-refractivity contribution in [3.8, 4) is 5.75 Å². The van der Waals surface area contributed by atoms with Crippen LogP contribution in [0.2, 0.25) is 0 Å². The number of fused-ring (bicyclic) bond motifs is 1. The summed E-state index contributed by atoms with van der Waals surface area (Å²) in [6.45, 7) is 3.10. The molecule has 1 saturated heterocycles. The van der Waals surface area contributed by atoms with Gasteiger partial charge in [-0.1, -0.05) is 12.1 Å². The molecular formula is C20H23N3O4S. The molecule has 28 heavy (non-hydrogen) atoms. The van der Waals surface area contributed by atoms with Crippen molar-refractivity contribution in [1.82, 2.24) is 9.29 Å². The zero-order valence-electron chi connectivity index (χ0n) is 15.7. The maximum absolute atomic E-state index is 13.2. The smallest absolute Gasteiger partial charge is 0.244 e. The number of amides is 1. The van der Waals surface area contributed by atoms with Crippen LogP contribution in [0.1, 0.15) is 19.8 Å². The lowest BCUT2D eigenvalue weighted by molar-refractivity contribution is -0.124. The first-order valence-corrected chi connectivity index (χ1v) is 10.9. The Morgan fingerprint density at radius 3 is 2.61 bits per heavy atom. The number of hydrogen-bond donors (Lipinski definition) is 0. The van der Waals surface area contributed by atoms with E-state index in [9.17, 15) is 13.2 Å². The molecule has 2 aliphatic rings. The highest BCUT2D eigenvalue weighted by atomic mass is 32.2. The van der Waals surface area contributed by atoms with Gasteiger partial charge in [0.15, 0.2) is 0 Å². The molecule has 0 aliphatic carbocycles. The lowest BCUT2D eigenvalue weighted by Crippen LogP contribution is -2.48. The molecule has 8 heteroatoms. The zero-order chi connectivity index (χ0) is 19.7. The van der Waals surface area contributed by atoms with Crippen molar-refractivity contribution in [2.24, 2.45) is 5.92 Å². The van der Waals surface area contributed by atoms with Gasteiger partial charge in [0.25, 0.3) is 0 Å². The van der Waals surface area contributed by atoms with Crippen LogP contribution in [0.15, 0.2) is 53.7 Å². The Kier molecular flexibility index (Phi) is 5.07. The van der Waals surface area contributed by atoms with Gasteiger partial charge in [-0.3, -0.25) is 9.78 Å². The summed E-state index contributed by atoms with van der Waals surface area (Å²) in [4.78, 5) is 19.1. The number of carbonyl (C=O) groups is 1. The number of carbonyl (C=O) groups excluding carboxylic acids is 1. The number of sulfonamides is 1. The van der Waals surface area contributed by atoms with Crippen LogP contribution in [0.5, 0.6) is 5.75 Å². The average Bonchev–Trinajstić information content (AvgIpc) is 2.73. The Labute approximate surface area is 165 Å². The maximum Gasteiger partial charge on any atom is 0.244 e. The first kappa shape index (κ1) is 18.9. The number of piperidine rings is 1. The Bertz CT molecular complexity index is 956. The molecule has 2 aliphatic heterocycles. The van der Waals surface area contributed by atoms with Crippen LogP contribution in [0.3, 0.4) is 0 Å². The number of benzene rings is 1. The fourth-order valence-corrected chi connectivity index (χ4v) is 5.24. The van der Waals surface area contributed by atoms with Crippen LogP contribution in [-0.2, 0) is 14.8 Å². The standard InChI is InChI=1S/C20H23N3O4S/c1-15-14-23(18-6-2-3-7-19(18)27-15)20(24)16-8-11-22(12-9-16)28(25,26)17-5-4-10-21-13-17/h2-7,10,13,15-16H,8-9,11-12,14H2,1H3/t15-/m0/s1. The Hall–Kier alpha value is -2.45. The molecule has 0 spiro atoms. The first-order valence-electron chi connectivity index (χ1n) is 9.44. The number of rotatable bonds is 3. The van der Waals surface area contributed by atoms with E-state index < -0.39 is 10.0 Å². The van der Waals surface area contributed by atoms with Crippen molar-refractivity contribution >= 4 is 21.6 Å². The van der Waals surface area contributed by atoms with E-state index in [1.165, 1.54) is 10.5 Å². The highest BCUT2D eigenvalue weighted by Crippen LogP contribution is 2.35. The Morgan fingerprint density at radius 1 is 1.14 bits per heavy atom. The van der Waals surface area contributed by atoms with Crippen molar-refractivity contribution in [3.63, 3.8) is 0 Å². The third-order valence-electron chi connectivity index (χ3n) is 5.27. The van der Waals surface area contributed by atoms with E-state index >= 15 is 0 Å². The van der Waals surface area contributed by atoms with Crippen molar-refractivity contribution in [3.05, 3.63) is 48.8 Å². The van der Waals surface area contributed by atoms with Gasteiger partial charge in [-0.05, 0) is 44.0 Å². The second-order valence-corrected chi connectivity index (χ2v) is 9.15. The van der Waals surface area contributed by atoms with E-state index in [2.05, 4.69) is 4.98 Å². The normalized spacial score (nSPS) is 21.0. The molecule has 148 valence electrons. The second-order valence-electron chi connectivity index (χ2n) is 7.21. The lowest BCUT2D eigenvalue weighted by Gasteiger charge is -2.37. The van der Waals surface area contributed by atoms with E-state index in [0.29, 0.717) is 38.2 Å². The van der Waals surface area contributed by atoms with Gasteiger partial charge in [0, 0.05) is 31.4 Å². The summed E-state index contributed by atoms with van der Waals surface area (Å²) in [5.41, 5.74) is 0.788. The zero-order valence-corrected chi connectivity index (χ0v) is 16.5. The molecule has 1 aromatic heterocycles. The van der Waals surface area contributed by atoms with Crippen LogP contribution >= 0.6 is 0 Å². The van der Waals surface area contributed by atoms with Crippen LogP contribution in [0.25, 0.3) is 0 Å². The topological polar surface area (TPSA) is 79.8 Å². The van der Waals surface area contributed by atoms with Gasteiger partial charge in [0.05, 0.1) is 12.2 Å². The van der Waals surface area contributed by atoms with Crippen LogP contribution < -0.4 is 9.64 Å². The molecule has 1 aromatic carbocycles. The van der Waals surface area contributed by atoms with Gasteiger partial charge in [-0.25, -0.2) is 8.42 Å². The molecule has 0 unspecified atom stereocenters. The highest BCUT2D eigenvalue weighted by Gasteiger charge is 2.36. The Morgan fingerprint density at radius 2 is 1.89 bits per heavy atom. The molecule has 1 atom stereocenters. The second kappa shape index (κ2) is 7.52. The predicted molar refractivity (Wildman–Crippen MR) is 105 cm³/mol. The SMILES string of the molecule is C[C@H]1CN(C(=O)C2CCN(S(=O)(=O)c3cccnc3)CC2)c2ccccc2O1. The third-order valence-corrected chi connectivity index (χ3v) is 7.15. The largest absolute Gasteiger partial charge is 0.487 e. The first-order chi connectivity index (χ1) is 13.5. The van der Waals surface area contributed by atoms with Gasteiger partial charge in [0.2, 0.25) is 15.9 Å². The van der Waals surface area contributed by atoms with E-state index in [1.54, 1.807) is 23.2 Å². The van der Waals surface area contributed by atoms with Gasteiger partial charge in [0.1, 0.15) is 16.7 Å². The fraction of sp³-hybridized carbons (Fsp3) is 0.400. The van der Waals surface area contributed by atoms with Crippen LogP contribution in [-0.4, -0.2) is 49.4 Å². The van der Waals surface area contributed by atoms with Crippen molar-refractivity contribution in [2.75, 3.05) is 24.5 Å². The molecule has 3 heterocycles. The molecule has 0 radical (unpaired) electrons. The van der Waals surface area contributed by atoms with E-state index in [1.807, 2.05) is 31.2 Å². The average molecular weight is 401 g/mol. The quantitative estimate of drug-likeness (QED) is 0.788. The van der Waals surface area contributed by atoms with E-state index in [0.717, 1.165) is 5.69 Å². The lowest BCUT2D eigenvalue weighted by atomic mass is 9.95. The Balaban J connectivity index is 1.47. The molecule has 1 amide bonds. The molecule has 0 saturated carbocycles. The summed E-state index contributed by atoms with van der Waals surface area (Å²) in [5.74, 6) is 0.561. The molecule has 1 fully saturated rings. The highest BCUT2D eigenvalue weighted by molar-refractivity contribution is 7.89. The molecule has 0 bridgehead atoms. The summed E-state index contributed by atoms with van der Waals surface area (Å²) in [7, 11) is -3.57. The monoisotopic (exact) mass is 401 g/mol. The number of ether oxygens (including phenoxy) is 1. The molecule has 2 aromatic rings. The number of nitrogens with zero attached hydrogens (tertiary/aromatic N) is 3. The van der Waals surface area contributed by atoms with Gasteiger partial charge < -0.3 is 9.64 Å². The van der Waals surface area contributed by atoms with Crippen molar-refractivity contribution in [2.45, 2.75) is 30.8 Å². The summed E-state index contributed by atoms with van der Waals surface area (Å²) in [5, 5.41) is 0. The predicted octanol–water partition coefficient (Wildman–Crippen LogP) is 2.30. The fourth-order valence-electron chi connectivity index (χ4n) is 3.81. The number of anilines is 1. The van der Waals surface area contributed by atoms with Gasteiger partial charge in [-0.2, -0.15) is 4.31 Å². The van der Waals surface area contributed by atoms with Crippen molar-refractivity contribution in [1.29, 1.82) is 0 Å². The summed E-state index contributed by atoms with van der Waals surface area (Å²) < 4.78 is 32.8. The molecular weight excluding hydrogens is 378 g/mol. The number of para-hydroxylation sites is 2. The van der Waals surface area contributed by atoms with Crippen LogP contribution in [0, 0.1) is 5.92 Å². The minimum atomic E-state index is -3.57. The molecule has 7 nitrogen and oxygen atoms in total. The maximum atomic E-state index is 13.2. The molecule has 4 rings (SSSR count). The van der Waals surface area contributed by atoms with E-state index in [-0.39, 0.29) is 22.8 Å². The minimum Gasteiger partial charge on any atom is -0.487 e. The third kappa shape index (κ3) is 3.49. The summed E-state index contributed by atoms with van der Waals surface area (Å²) in [6.07, 6.45) is 3.84. The van der Waals surface area contributed by atoms with Gasteiger partial charge >= 0.3 is 0 Å².